The van der Waals surface area contributed by atoms with Crippen LogP contribution < -0.4 is 10.1 Å². The van der Waals surface area contributed by atoms with Gasteiger partial charge in [0, 0.05) is 43.6 Å². The van der Waals surface area contributed by atoms with Crippen molar-refractivity contribution in [1.82, 2.24) is 24.3 Å². The number of rotatable bonds is 5. The van der Waals surface area contributed by atoms with Crippen molar-refractivity contribution in [3.8, 4) is 5.75 Å². The summed E-state index contributed by atoms with van der Waals surface area (Å²) in [6.45, 7) is 8.16. The number of benzene rings is 1. The number of imidazole rings is 1. The summed E-state index contributed by atoms with van der Waals surface area (Å²) in [4.78, 5) is 50.8. The lowest BCUT2D eigenvalue weighted by atomic mass is 10.1. The molecule has 0 spiro atoms. The highest BCUT2D eigenvalue weighted by Crippen LogP contribution is 2.38. The third-order valence-corrected chi connectivity index (χ3v) is 7.47. The molecule has 12 heteroatoms. The molecule has 1 unspecified atom stereocenters. The highest BCUT2D eigenvalue weighted by Gasteiger charge is 2.29. The molecule has 0 aliphatic carbocycles. The molecule has 2 fully saturated rings. The number of halogens is 1. The summed E-state index contributed by atoms with van der Waals surface area (Å²) in [7, 11) is 0. The van der Waals surface area contributed by atoms with Gasteiger partial charge in [0.05, 0.1) is 30.3 Å². The van der Waals surface area contributed by atoms with Crippen LogP contribution in [-0.2, 0) is 9.53 Å². The number of morpholine rings is 1. The van der Waals surface area contributed by atoms with Gasteiger partial charge in [-0.3, -0.25) is 19.9 Å². The molecule has 2 aromatic heterocycles. The summed E-state index contributed by atoms with van der Waals surface area (Å²) >= 11 is 6.90. The van der Waals surface area contributed by atoms with Crippen LogP contribution in [0.25, 0.3) is 11.0 Å². The fourth-order valence-corrected chi connectivity index (χ4v) is 5.37. The quantitative estimate of drug-likeness (QED) is 0.459. The highest BCUT2D eigenvalue weighted by atomic mass is 35.5. The second kappa shape index (κ2) is 12.1. The Bertz CT molecular complexity index is 1450. The number of pyridine rings is 1. The maximum Gasteiger partial charge on any atom is 0.415 e. The molecular weight excluding hydrogens is 536 g/mol. The number of hydrogen-bond donors (Lipinski definition) is 1. The second-order valence-electron chi connectivity index (χ2n) is 9.80. The minimum Gasteiger partial charge on any atom is -0.409 e. The third kappa shape index (κ3) is 5.80. The maximum absolute atomic E-state index is 13.2. The van der Waals surface area contributed by atoms with Crippen LogP contribution >= 0.6 is 11.6 Å². The number of carbonyl (C=O) groups excluding carboxylic acids is 3. The highest BCUT2D eigenvalue weighted by molar-refractivity contribution is 6.36. The van der Waals surface area contributed by atoms with Gasteiger partial charge in [-0.05, 0) is 56.5 Å². The van der Waals surface area contributed by atoms with Gasteiger partial charge in [0.15, 0.2) is 5.75 Å². The second-order valence-corrected chi connectivity index (χ2v) is 10.2. The Morgan fingerprint density at radius 1 is 1.15 bits per heavy atom. The lowest BCUT2D eigenvalue weighted by Crippen LogP contribution is -2.42. The van der Waals surface area contributed by atoms with Crippen LogP contribution in [0.15, 0.2) is 43.1 Å². The largest absolute Gasteiger partial charge is 0.415 e. The van der Waals surface area contributed by atoms with E-state index in [1.807, 2.05) is 11.5 Å². The molecule has 1 N–H and O–H groups in total. The zero-order valence-corrected chi connectivity index (χ0v) is 23.0. The molecule has 4 heterocycles. The fraction of sp³-hybridized carbons (Fsp3) is 0.393. The van der Waals surface area contributed by atoms with Crippen molar-refractivity contribution in [2.75, 3.05) is 44.7 Å². The van der Waals surface area contributed by atoms with Gasteiger partial charge in [0.25, 0.3) is 5.91 Å². The van der Waals surface area contributed by atoms with Gasteiger partial charge in [-0.1, -0.05) is 18.2 Å². The van der Waals surface area contributed by atoms with Gasteiger partial charge >= 0.3 is 6.09 Å². The van der Waals surface area contributed by atoms with E-state index in [0.717, 1.165) is 19.3 Å². The lowest BCUT2D eigenvalue weighted by Gasteiger charge is -2.27. The van der Waals surface area contributed by atoms with Crippen LogP contribution in [0.3, 0.4) is 0 Å². The first-order valence-electron chi connectivity index (χ1n) is 13.3. The molecule has 0 saturated carbocycles. The summed E-state index contributed by atoms with van der Waals surface area (Å²) in [5.74, 6) is -0.0572. The van der Waals surface area contributed by atoms with E-state index >= 15 is 0 Å². The standard InChI is InChI=1S/C28H31ClN6O5/c1-3-23(36)34-11-5-4-6-20(17-34)35-25-21(31-27(35)32-26(37)19-9-10-30-18(2)16-19)7-8-22(24(25)29)40-28(38)33-12-14-39-15-13-33/h3,7-10,16,20H,1,4-6,11-15,17H2,2H3,(H,31,32,37). The predicted octanol–water partition coefficient (Wildman–Crippen LogP) is 4.22. The Balaban J connectivity index is 1.56. The van der Waals surface area contributed by atoms with Gasteiger partial charge < -0.3 is 23.8 Å². The van der Waals surface area contributed by atoms with Crippen molar-refractivity contribution in [3.05, 3.63) is 59.4 Å². The van der Waals surface area contributed by atoms with Crippen LogP contribution in [0.1, 0.15) is 41.4 Å². The van der Waals surface area contributed by atoms with E-state index in [1.54, 1.807) is 40.3 Å². The predicted molar refractivity (Wildman–Crippen MR) is 150 cm³/mol. The van der Waals surface area contributed by atoms with Gasteiger partial charge in [-0.2, -0.15) is 0 Å². The number of hydrogen-bond acceptors (Lipinski definition) is 7. The Morgan fingerprint density at radius 3 is 2.70 bits per heavy atom. The first-order valence-corrected chi connectivity index (χ1v) is 13.6. The average molecular weight is 567 g/mol. The van der Waals surface area contributed by atoms with Gasteiger partial charge in [-0.25, -0.2) is 9.78 Å². The first kappa shape index (κ1) is 27.6. The number of nitrogens with one attached hydrogen (secondary N) is 1. The van der Waals surface area contributed by atoms with Crippen molar-refractivity contribution in [3.63, 3.8) is 0 Å². The molecule has 1 atom stereocenters. The summed E-state index contributed by atoms with van der Waals surface area (Å²) in [5, 5.41) is 3.12. The Labute approximate surface area is 236 Å². The number of fused-ring (bicyclic) bond motifs is 1. The molecule has 2 aliphatic heterocycles. The number of carbonyl (C=O) groups is 3. The maximum atomic E-state index is 13.2. The Kier molecular flexibility index (Phi) is 8.32. The molecule has 5 rings (SSSR count). The molecule has 40 heavy (non-hydrogen) atoms. The number of anilines is 1. The smallest absolute Gasteiger partial charge is 0.409 e. The van der Waals surface area contributed by atoms with Gasteiger partial charge in [0.1, 0.15) is 5.02 Å². The minimum absolute atomic E-state index is 0.166. The molecule has 210 valence electrons. The van der Waals surface area contributed by atoms with Crippen molar-refractivity contribution in [2.24, 2.45) is 0 Å². The van der Waals surface area contributed by atoms with E-state index in [-0.39, 0.29) is 34.6 Å². The average Bonchev–Trinajstić information content (AvgIpc) is 3.15. The normalized spacial score (nSPS) is 17.8. The van der Waals surface area contributed by atoms with Crippen molar-refractivity contribution < 1.29 is 23.9 Å². The molecule has 3 amide bonds. The number of ether oxygens (including phenoxy) is 2. The first-order chi connectivity index (χ1) is 19.4. The third-order valence-electron chi connectivity index (χ3n) is 7.10. The zero-order chi connectivity index (χ0) is 28.2. The van der Waals surface area contributed by atoms with E-state index in [2.05, 4.69) is 16.9 Å². The van der Waals surface area contributed by atoms with E-state index in [4.69, 9.17) is 26.1 Å². The van der Waals surface area contributed by atoms with Crippen molar-refractivity contribution >= 4 is 46.5 Å². The number of aromatic nitrogens is 3. The monoisotopic (exact) mass is 566 g/mol. The molecule has 2 aliphatic rings. The van der Waals surface area contributed by atoms with Crippen LogP contribution in [0, 0.1) is 6.92 Å². The van der Waals surface area contributed by atoms with Crippen LogP contribution in [0.5, 0.6) is 5.75 Å². The minimum atomic E-state index is -0.519. The Hall–Kier alpha value is -3.96. The SMILES string of the molecule is C=CC(=O)N1CCCCC(n2c(NC(=O)c3ccnc(C)c3)nc3ccc(OC(=O)N4CCOCC4)c(Cl)c32)C1. The molecule has 1 aromatic carbocycles. The van der Waals surface area contributed by atoms with E-state index in [9.17, 15) is 14.4 Å². The number of nitrogens with zero attached hydrogens (tertiary/aromatic N) is 5. The molecule has 0 bridgehead atoms. The number of amides is 3. The molecular formula is C28H31ClN6O5. The summed E-state index contributed by atoms with van der Waals surface area (Å²) in [6, 6.07) is 6.36. The Morgan fingerprint density at radius 2 is 1.95 bits per heavy atom. The van der Waals surface area contributed by atoms with Gasteiger partial charge in [-0.15, -0.1) is 0 Å². The lowest BCUT2D eigenvalue weighted by molar-refractivity contribution is -0.126. The fourth-order valence-electron chi connectivity index (χ4n) is 5.08. The molecule has 3 aromatic rings. The molecule has 0 radical (unpaired) electrons. The summed E-state index contributed by atoms with van der Waals surface area (Å²) in [5.41, 5.74) is 2.16. The molecule has 2 saturated heterocycles. The van der Waals surface area contributed by atoms with E-state index in [0.29, 0.717) is 61.7 Å². The van der Waals surface area contributed by atoms with E-state index < -0.39 is 6.09 Å². The van der Waals surface area contributed by atoms with Crippen LogP contribution in [-0.4, -0.2) is 81.6 Å². The number of aryl methyl sites for hydroxylation is 1. The van der Waals surface area contributed by atoms with Crippen LogP contribution in [0.4, 0.5) is 10.7 Å². The van der Waals surface area contributed by atoms with Gasteiger partial charge in [0.2, 0.25) is 11.9 Å². The summed E-state index contributed by atoms with van der Waals surface area (Å²) in [6.07, 6.45) is 4.76. The van der Waals surface area contributed by atoms with Crippen molar-refractivity contribution in [2.45, 2.75) is 32.2 Å². The zero-order valence-electron chi connectivity index (χ0n) is 22.3. The van der Waals surface area contributed by atoms with Crippen molar-refractivity contribution in [1.29, 1.82) is 0 Å². The van der Waals surface area contributed by atoms with E-state index in [1.165, 1.54) is 6.08 Å². The van der Waals surface area contributed by atoms with Crippen LogP contribution in [0.2, 0.25) is 5.02 Å². The summed E-state index contributed by atoms with van der Waals surface area (Å²) < 4.78 is 12.9. The molecule has 11 nitrogen and oxygen atoms in total. The topological polar surface area (TPSA) is 119 Å². The number of likely N-dealkylation sites (tertiary alicyclic amines) is 1.